The van der Waals surface area contributed by atoms with Gasteiger partial charge in [0.15, 0.2) is 5.01 Å². The van der Waals surface area contributed by atoms with E-state index in [1.54, 1.807) is 6.20 Å². The molecule has 0 saturated carbocycles. The Morgan fingerprint density at radius 1 is 0.564 bits per heavy atom. The van der Waals surface area contributed by atoms with Crippen LogP contribution < -0.4 is 9.47 Å². The molecule has 0 amide bonds. The zero-order chi connectivity index (χ0) is 27.4. The molecule has 4 heteroatoms. The number of ether oxygens (including phenoxy) is 2. The summed E-state index contributed by atoms with van der Waals surface area (Å²) in [5.74, 6) is 14.6. The zero-order valence-corrected chi connectivity index (χ0v) is 24.6. The lowest BCUT2D eigenvalue weighted by Crippen LogP contribution is -1.97. The molecule has 2 aromatic carbocycles. The van der Waals surface area contributed by atoms with E-state index >= 15 is 0 Å². The normalized spacial score (nSPS) is 10.3. The lowest BCUT2D eigenvalue weighted by atomic mass is 10.1. The molecule has 1 heterocycles. The number of rotatable bonds is 16. The molecule has 0 aliphatic heterocycles. The molecule has 39 heavy (non-hydrogen) atoms. The molecule has 0 aliphatic carbocycles. The fourth-order valence-corrected chi connectivity index (χ4v) is 4.69. The summed E-state index contributed by atoms with van der Waals surface area (Å²) in [6, 6.07) is 16.0. The summed E-state index contributed by atoms with van der Waals surface area (Å²) in [7, 11) is 0. The van der Waals surface area contributed by atoms with Gasteiger partial charge in [-0.25, -0.2) is 4.98 Å². The molecule has 0 bridgehead atoms. The van der Waals surface area contributed by atoms with Crippen LogP contribution in [0.5, 0.6) is 11.5 Å². The monoisotopic (exact) mass is 541 g/mol. The second-order valence-electron chi connectivity index (χ2n) is 9.81. The highest BCUT2D eigenvalue weighted by Crippen LogP contribution is 2.16. The molecule has 3 aromatic rings. The van der Waals surface area contributed by atoms with Crippen LogP contribution in [0.2, 0.25) is 0 Å². The first-order chi connectivity index (χ1) is 19.3. The Bertz CT molecular complexity index is 1100. The van der Waals surface area contributed by atoms with Gasteiger partial charge >= 0.3 is 0 Å². The third-order valence-electron chi connectivity index (χ3n) is 6.39. The van der Waals surface area contributed by atoms with Gasteiger partial charge in [-0.2, -0.15) is 0 Å². The van der Waals surface area contributed by atoms with E-state index in [-0.39, 0.29) is 0 Å². The van der Waals surface area contributed by atoms with E-state index in [2.05, 4.69) is 42.5 Å². The Morgan fingerprint density at radius 2 is 1.03 bits per heavy atom. The van der Waals surface area contributed by atoms with Crippen molar-refractivity contribution < 1.29 is 9.47 Å². The first-order valence-electron chi connectivity index (χ1n) is 14.7. The largest absolute Gasteiger partial charge is 0.494 e. The van der Waals surface area contributed by atoms with Crippen molar-refractivity contribution in [1.82, 2.24) is 4.98 Å². The minimum Gasteiger partial charge on any atom is -0.494 e. The SMILES string of the molecule is CCCCCCCCOc1ccc(C#Cc2cnc(C#Cc3ccc(OCCCCCCCC)cc3)s2)cc1. The number of nitrogens with zero attached hydrogens (tertiary/aromatic N) is 1. The van der Waals surface area contributed by atoms with Crippen molar-refractivity contribution in [3.05, 3.63) is 75.7 Å². The van der Waals surface area contributed by atoms with Crippen molar-refractivity contribution in [2.24, 2.45) is 0 Å². The van der Waals surface area contributed by atoms with E-state index < -0.39 is 0 Å². The maximum atomic E-state index is 5.86. The molecular weight excluding hydrogens is 498 g/mol. The van der Waals surface area contributed by atoms with Crippen LogP contribution in [0.25, 0.3) is 0 Å². The summed E-state index contributed by atoms with van der Waals surface area (Å²) in [5, 5.41) is 0.765. The van der Waals surface area contributed by atoms with E-state index in [0.29, 0.717) is 0 Å². The van der Waals surface area contributed by atoms with Gasteiger partial charge in [0.1, 0.15) is 11.5 Å². The summed E-state index contributed by atoms with van der Waals surface area (Å²) in [4.78, 5) is 5.32. The molecule has 0 atom stereocenters. The van der Waals surface area contributed by atoms with Gasteiger partial charge in [-0.1, -0.05) is 101 Å². The standard InChI is InChI=1S/C35H43NO2S/c1-3-5-7-9-11-13-27-37-32-21-15-30(16-22-32)19-25-34-29-36-35(39-34)26-20-31-17-23-33(24-18-31)38-28-14-12-10-8-6-4-2/h15-18,21-24,29H,3-14,27-28H2,1-2H3. The number of aromatic nitrogens is 1. The summed E-state index contributed by atoms with van der Waals surface area (Å²) in [6.45, 7) is 6.04. The van der Waals surface area contributed by atoms with Crippen LogP contribution in [-0.2, 0) is 0 Å². The van der Waals surface area contributed by atoms with Gasteiger partial charge in [-0.3, -0.25) is 0 Å². The minimum atomic E-state index is 0.765. The number of unbranched alkanes of at least 4 members (excludes halogenated alkanes) is 10. The van der Waals surface area contributed by atoms with Gasteiger partial charge in [-0.05, 0) is 73.2 Å². The zero-order valence-electron chi connectivity index (χ0n) is 23.8. The Morgan fingerprint density at radius 3 is 1.54 bits per heavy atom. The molecule has 0 spiro atoms. The van der Waals surface area contributed by atoms with E-state index in [1.807, 2.05) is 48.5 Å². The van der Waals surface area contributed by atoms with E-state index in [4.69, 9.17) is 9.47 Å². The highest BCUT2D eigenvalue weighted by atomic mass is 32.1. The third kappa shape index (κ3) is 12.9. The topological polar surface area (TPSA) is 31.4 Å². The predicted molar refractivity (Wildman–Crippen MR) is 165 cm³/mol. The second-order valence-corrected chi connectivity index (χ2v) is 10.8. The Kier molecular flexibility index (Phi) is 14.7. The number of hydrogen-bond acceptors (Lipinski definition) is 4. The predicted octanol–water partition coefficient (Wildman–Crippen LogP) is 9.42. The van der Waals surface area contributed by atoms with Crippen LogP contribution in [0.1, 0.15) is 112 Å². The molecule has 0 aliphatic rings. The van der Waals surface area contributed by atoms with E-state index in [1.165, 1.54) is 75.5 Å². The first kappa shape index (κ1) is 30.3. The maximum absolute atomic E-state index is 5.86. The van der Waals surface area contributed by atoms with Crippen LogP contribution in [-0.4, -0.2) is 18.2 Å². The van der Waals surface area contributed by atoms with Gasteiger partial charge in [0.25, 0.3) is 0 Å². The number of hydrogen-bond donors (Lipinski definition) is 0. The van der Waals surface area contributed by atoms with Crippen molar-refractivity contribution in [2.75, 3.05) is 13.2 Å². The van der Waals surface area contributed by atoms with Crippen molar-refractivity contribution in [2.45, 2.75) is 90.9 Å². The first-order valence-corrected chi connectivity index (χ1v) is 15.5. The highest BCUT2D eigenvalue weighted by Gasteiger charge is 1.99. The molecule has 0 N–H and O–H groups in total. The van der Waals surface area contributed by atoms with E-state index in [9.17, 15) is 0 Å². The number of benzene rings is 2. The smallest absolute Gasteiger partial charge is 0.168 e. The molecule has 206 valence electrons. The second kappa shape index (κ2) is 18.9. The Labute approximate surface area is 240 Å². The van der Waals surface area contributed by atoms with Crippen molar-refractivity contribution in [3.8, 4) is 35.2 Å². The van der Waals surface area contributed by atoms with Crippen molar-refractivity contribution >= 4 is 11.3 Å². The molecule has 1 aromatic heterocycles. The maximum Gasteiger partial charge on any atom is 0.168 e. The van der Waals surface area contributed by atoms with Crippen LogP contribution >= 0.6 is 11.3 Å². The lowest BCUT2D eigenvalue weighted by Gasteiger charge is -2.06. The average Bonchev–Trinajstić information content (AvgIpc) is 3.43. The third-order valence-corrected chi connectivity index (χ3v) is 7.22. The van der Waals surface area contributed by atoms with Crippen LogP contribution in [0, 0.1) is 23.7 Å². The van der Waals surface area contributed by atoms with Gasteiger partial charge in [-0.15, -0.1) is 0 Å². The minimum absolute atomic E-state index is 0.765. The Balaban J connectivity index is 1.39. The van der Waals surface area contributed by atoms with Gasteiger partial charge in [0.05, 0.1) is 24.3 Å². The van der Waals surface area contributed by atoms with E-state index in [0.717, 1.165) is 58.6 Å². The molecule has 0 unspecified atom stereocenters. The highest BCUT2D eigenvalue weighted by molar-refractivity contribution is 7.12. The summed E-state index contributed by atoms with van der Waals surface area (Å²) in [5.41, 5.74) is 1.91. The molecule has 3 nitrogen and oxygen atoms in total. The lowest BCUT2D eigenvalue weighted by molar-refractivity contribution is 0.304. The quantitative estimate of drug-likeness (QED) is 0.134. The van der Waals surface area contributed by atoms with Crippen molar-refractivity contribution in [3.63, 3.8) is 0 Å². The van der Waals surface area contributed by atoms with Crippen LogP contribution in [0.15, 0.2) is 54.7 Å². The molecular formula is C35H43NO2S. The molecule has 0 radical (unpaired) electrons. The summed E-state index contributed by atoms with van der Waals surface area (Å²) in [6.07, 6.45) is 17.0. The summed E-state index contributed by atoms with van der Waals surface area (Å²) < 4.78 is 11.7. The molecule has 0 saturated heterocycles. The fourth-order valence-electron chi connectivity index (χ4n) is 4.06. The van der Waals surface area contributed by atoms with Crippen LogP contribution in [0.3, 0.4) is 0 Å². The van der Waals surface area contributed by atoms with Crippen molar-refractivity contribution in [1.29, 1.82) is 0 Å². The molecule has 3 rings (SSSR count). The van der Waals surface area contributed by atoms with Crippen LogP contribution in [0.4, 0.5) is 0 Å². The average molecular weight is 542 g/mol. The van der Waals surface area contributed by atoms with Gasteiger partial charge in [0, 0.05) is 11.1 Å². The van der Waals surface area contributed by atoms with Gasteiger partial charge < -0.3 is 9.47 Å². The Hall–Kier alpha value is -3.21. The van der Waals surface area contributed by atoms with Gasteiger partial charge in [0.2, 0.25) is 0 Å². The fraction of sp³-hybridized carbons (Fsp3) is 0.457. The number of thiazole rings is 1. The molecule has 0 fully saturated rings. The summed E-state index contributed by atoms with van der Waals surface area (Å²) >= 11 is 1.51.